The second kappa shape index (κ2) is 12.5. The highest BCUT2D eigenvalue weighted by atomic mass is 19.4. The number of hydrogen-bond acceptors (Lipinski definition) is 4. The molecule has 0 aromatic heterocycles. The van der Waals surface area contributed by atoms with Gasteiger partial charge in [0, 0.05) is 43.4 Å². The summed E-state index contributed by atoms with van der Waals surface area (Å²) < 4.78 is 81.0. The molecule has 1 heterocycles. The normalized spacial score (nSPS) is 16.0. The van der Waals surface area contributed by atoms with E-state index in [1.807, 2.05) is 32.0 Å². The molecule has 0 N–H and O–H groups in total. The lowest BCUT2D eigenvalue weighted by molar-refractivity contribution is -0.384. The maximum atomic E-state index is 13.6. The molecule has 7 nitrogen and oxygen atoms in total. The molecule has 13 heteroatoms. The lowest BCUT2D eigenvalue weighted by Gasteiger charge is -2.41. The highest BCUT2D eigenvalue weighted by molar-refractivity contribution is 5.96. The van der Waals surface area contributed by atoms with Crippen molar-refractivity contribution in [3.8, 4) is 0 Å². The standard InChI is InChI=1S/C31H27F6N3O4/c1-19-3-4-22(13-20(19)2)14-27-18-38(28(41)10-7-21-5-8-26(9-6-21)40(43)44)11-12-39(27)29(42)23-15-24(30(32,33)34)17-25(16-23)31(35,36)37/h3-10,13,15-17,27H,11-12,14,18H2,1-2H3. The molecule has 0 saturated carbocycles. The summed E-state index contributed by atoms with van der Waals surface area (Å²) >= 11 is 0. The second-order valence-corrected chi connectivity index (χ2v) is 10.5. The minimum Gasteiger partial charge on any atom is -0.335 e. The fourth-order valence-corrected chi connectivity index (χ4v) is 4.92. The average molecular weight is 620 g/mol. The van der Waals surface area contributed by atoms with Gasteiger partial charge in [-0.2, -0.15) is 26.3 Å². The van der Waals surface area contributed by atoms with E-state index < -0.39 is 51.8 Å². The van der Waals surface area contributed by atoms with Crippen molar-refractivity contribution in [2.75, 3.05) is 19.6 Å². The molecule has 232 valence electrons. The van der Waals surface area contributed by atoms with E-state index in [1.54, 1.807) is 0 Å². The molecule has 3 aromatic rings. The third-order valence-electron chi connectivity index (χ3n) is 7.45. The summed E-state index contributed by atoms with van der Waals surface area (Å²) in [6, 6.07) is 11.1. The number of non-ortho nitro benzene ring substituents is 1. The Hall–Kier alpha value is -4.68. The molecule has 3 aromatic carbocycles. The van der Waals surface area contributed by atoms with Crippen molar-refractivity contribution < 1.29 is 40.9 Å². The highest BCUT2D eigenvalue weighted by Gasteiger charge is 2.39. The smallest absolute Gasteiger partial charge is 0.335 e. The van der Waals surface area contributed by atoms with Gasteiger partial charge < -0.3 is 9.80 Å². The third-order valence-corrected chi connectivity index (χ3v) is 7.45. The van der Waals surface area contributed by atoms with Crippen LogP contribution in [0.5, 0.6) is 0 Å². The maximum absolute atomic E-state index is 13.6. The number of nitrogens with zero attached hydrogens (tertiary/aromatic N) is 3. The number of benzene rings is 3. The summed E-state index contributed by atoms with van der Waals surface area (Å²) in [4.78, 5) is 39.6. The molecule has 1 aliphatic heterocycles. The minimum atomic E-state index is -5.11. The van der Waals surface area contributed by atoms with E-state index in [-0.39, 0.29) is 37.8 Å². The number of amides is 2. The number of alkyl halides is 6. The summed E-state index contributed by atoms with van der Waals surface area (Å²) in [6.07, 6.45) is -7.32. The van der Waals surface area contributed by atoms with Gasteiger partial charge in [-0.1, -0.05) is 18.2 Å². The summed E-state index contributed by atoms with van der Waals surface area (Å²) in [7, 11) is 0. The fourth-order valence-electron chi connectivity index (χ4n) is 4.92. The Morgan fingerprint density at radius 1 is 0.886 bits per heavy atom. The van der Waals surface area contributed by atoms with Crippen LogP contribution in [0, 0.1) is 24.0 Å². The zero-order valence-corrected chi connectivity index (χ0v) is 23.6. The number of rotatable bonds is 6. The van der Waals surface area contributed by atoms with Gasteiger partial charge in [-0.15, -0.1) is 0 Å². The van der Waals surface area contributed by atoms with Crippen LogP contribution in [0.3, 0.4) is 0 Å². The fraction of sp³-hybridized carbons (Fsp3) is 0.290. The van der Waals surface area contributed by atoms with Crippen molar-refractivity contribution in [1.82, 2.24) is 9.80 Å². The van der Waals surface area contributed by atoms with Gasteiger partial charge >= 0.3 is 12.4 Å². The Labute approximate surface area is 248 Å². The van der Waals surface area contributed by atoms with Crippen LogP contribution in [-0.2, 0) is 23.6 Å². The topological polar surface area (TPSA) is 83.8 Å². The number of piperazine rings is 1. The molecule has 0 radical (unpaired) electrons. The molecule has 1 atom stereocenters. The Morgan fingerprint density at radius 3 is 2.05 bits per heavy atom. The monoisotopic (exact) mass is 619 g/mol. The molecular weight excluding hydrogens is 592 g/mol. The number of nitro benzene ring substituents is 1. The largest absolute Gasteiger partial charge is 0.416 e. The van der Waals surface area contributed by atoms with E-state index in [2.05, 4.69) is 0 Å². The first-order valence-electron chi connectivity index (χ1n) is 13.4. The summed E-state index contributed by atoms with van der Waals surface area (Å²) in [6.45, 7) is 3.59. The quantitative estimate of drug-likeness (QED) is 0.131. The van der Waals surface area contributed by atoms with E-state index >= 15 is 0 Å². The molecule has 0 aliphatic carbocycles. The molecule has 0 spiro atoms. The average Bonchev–Trinajstić information content (AvgIpc) is 2.96. The summed E-state index contributed by atoms with van der Waals surface area (Å²) in [5, 5.41) is 10.9. The number of hydrogen-bond donors (Lipinski definition) is 0. The van der Waals surface area contributed by atoms with Crippen LogP contribution in [0.1, 0.15) is 43.7 Å². The number of nitro groups is 1. The molecular formula is C31H27F6N3O4. The molecule has 4 rings (SSSR count). The second-order valence-electron chi connectivity index (χ2n) is 10.5. The Balaban J connectivity index is 1.63. The van der Waals surface area contributed by atoms with Crippen LogP contribution < -0.4 is 0 Å². The Morgan fingerprint density at radius 2 is 1.50 bits per heavy atom. The van der Waals surface area contributed by atoms with Gasteiger partial charge in [0.2, 0.25) is 5.91 Å². The number of carbonyl (C=O) groups is 2. The van der Waals surface area contributed by atoms with Gasteiger partial charge in [-0.05, 0) is 78.9 Å². The van der Waals surface area contributed by atoms with Gasteiger partial charge in [-0.25, -0.2) is 0 Å². The van der Waals surface area contributed by atoms with Crippen molar-refractivity contribution in [3.63, 3.8) is 0 Å². The van der Waals surface area contributed by atoms with Crippen LogP contribution in [0.2, 0.25) is 0 Å². The molecule has 1 aliphatic rings. The van der Waals surface area contributed by atoms with E-state index in [0.29, 0.717) is 17.7 Å². The van der Waals surface area contributed by atoms with Gasteiger partial charge in [0.1, 0.15) is 0 Å². The molecule has 1 unspecified atom stereocenters. The van der Waals surface area contributed by atoms with Gasteiger partial charge in [0.05, 0.1) is 22.1 Å². The van der Waals surface area contributed by atoms with Gasteiger partial charge in [0.15, 0.2) is 0 Å². The summed E-state index contributed by atoms with van der Waals surface area (Å²) in [5.41, 5.74) is -0.814. The minimum absolute atomic E-state index is 0.0241. The van der Waals surface area contributed by atoms with Gasteiger partial charge in [-0.3, -0.25) is 19.7 Å². The van der Waals surface area contributed by atoms with Crippen molar-refractivity contribution in [3.05, 3.63) is 116 Å². The lowest BCUT2D eigenvalue weighted by atomic mass is 9.97. The number of carbonyl (C=O) groups excluding carboxylic acids is 2. The van der Waals surface area contributed by atoms with Crippen LogP contribution in [0.15, 0.2) is 66.7 Å². The lowest BCUT2D eigenvalue weighted by Crippen LogP contribution is -2.57. The van der Waals surface area contributed by atoms with Crippen LogP contribution in [0.4, 0.5) is 32.0 Å². The first-order valence-corrected chi connectivity index (χ1v) is 13.4. The van der Waals surface area contributed by atoms with E-state index in [9.17, 15) is 46.0 Å². The zero-order valence-electron chi connectivity index (χ0n) is 23.6. The van der Waals surface area contributed by atoms with Crippen molar-refractivity contribution in [2.45, 2.75) is 38.7 Å². The predicted molar refractivity (Wildman–Crippen MR) is 150 cm³/mol. The molecule has 1 saturated heterocycles. The zero-order chi connectivity index (χ0) is 32.4. The molecule has 1 fully saturated rings. The summed E-state index contributed by atoms with van der Waals surface area (Å²) in [5.74, 6) is -1.46. The van der Waals surface area contributed by atoms with Crippen LogP contribution in [-0.4, -0.2) is 52.2 Å². The van der Waals surface area contributed by atoms with Crippen LogP contribution in [0.25, 0.3) is 6.08 Å². The predicted octanol–water partition coefficient (Wildman–Crippen LogP) is 6.86. The van der Waals surface area contributed by atoms with Gasteiger partial charge in [0.25, 0.3) is 11.6 Å². The molecule has 2 amide bonds. The molecule has 44 heavy (non-hydrogen) atoms. The van der Waals surface area contributed by atoms with Crippen molar-refractivity contribution in [2.24, 2.45) is 0 Å². The maximum Gasteiger partial charge on any atom is 0.416 e. The Bertz CT molecular complexity index is 1570. The highest BCUT2D eigenvalue weighted by Crippen LogP contribution is 2.37. The first kappa shape index (κ1) is 32.2. The Kier molecular flexibility index (Phi) is 9.17. The van der Waals surface area contributed by atoms with Crippen LogP contribution >= 0.6 is 0 Å². The first-order chi connectivity index (χ1) is 20.5. The SMILES string of the molecule is Cc1ccc(CC2CN(C(=O)C=Cc3ccc([N+](=O)[O-])cc3)CCN2C(=O)c2cc(C(F)(F)F)cc(C(F)(F)F)c2)cc1C. The number of aryl methyl sites for hydroxylation is 2. The number of halogens is 6. The van der Waals surface area contributed by atoms with E-state index in [0.717, 1.165) is 16.7 Å². The van der Waals surface area contributed by atoms with E-state index in [1.165, 1.54) is 46.2 Å². The van der Waals surface area contributed by atoms with E-state index in [4.69, 9.17) is 0 Å². The van der Waals surface area contributed by atoms with Crippen molar-refractivity contribution >= 4 is 23.6 Å². The molecule has 0 bridgehead atoms. The van der Waals surface area contributed by atoms with Crippen molar-refractivity contribution in [1.29, 1.82) is 0 Å². The third kappa shape index (κ3) is 7.63.